The summed E-state index contributed by atoms with van der Waals surface area (Å²) >= 11 is 0. The van der Waals surface area contributed by atoms with Crippen LogP contribution in [0.5, 0.6) is 0 Å². The molecule has 2 aromatic rings. The highest BCUT2D eigenvalue weighted by Gasteiger charge is 2.18. The number of hydrogen-bond acceptors (Lipinski definition) is 6. The van der Waals surface area contributed by atoms with Crippen LogP contribution in [0.1, 0.15) is 48.5 Å². The molecule has 0 saturated carbocycles. The lowest BCUT2D eigenvalue weighted by Crippen LogP contribution is -2.28. The van der Waals surface area contributed by atoms with Crippen molar-refractivity contribution in [3.05, 3.63) is 28.7 Å². The molecule has 114 valence electrons. The van der Waals surface area contributed by atoms with Crippen LogP contribution in [0.15, 0.2) is 9.05 Å². The smallest absolute Gasteiger partial charge is 0.229 e. The molecule has 7 heteroatoms. The Morgan fingerprint density at radius 2 is 1.95 bits per heavy atom. The van der Waals surface area contributed by atoms with Gasteiger partial charge in [0, 0.05) is 18.5 Å². The van der Waals surface area contributed by atoms with Gasteiger partial charge in [-0.15, -0.1) is 0 Å². The van der Waals surface area contributed by atoms with Gasteiger partial charge in [-0.3, -0.25) is 4.79 Å². The molecule has 0 unspecified atom stereocenters. The maximum Gasteiger partial charge on any atom is 0.229 e. The second-order valence-electron chi connectivity index (χ2n) is 5.43. The van der Waals surface area contributed by atoms with E-state index in [0.717, 1.165) is 11.3 Å². The first-order valence-electron chi connectivity index (χ1n) is 6.86. The largest absolute Gasteiger partial charge is 0.361 e. The molecule has 2 rings (SSSR count). The zero-order valence-electron chi connectivity index (χ0n) is 13.0. The molecule has 0 fully saturated rings. The van der Waals surface area contributed by atoms with Gasteiger partial charge in [0.1, 0.15) is 5.76 Å². The van der Waals surface area contributed by atoms with Gasteiger partial charge < -0.3 is 13.9 Å². The van der Waals surface area contributed by atoms with E-state index in [1.165, 1.54) is 0 Å². The van der Waals surface area contributed by atoms with Crippen LogP contribution < -0.4 is 0 Å². The number of likely N-dealkylation sites (N-methyl/N-ethyl adjacent to an activating group) is 1. The lowest BCUT2D eigenvalue weighted by atomic mass is 10.1. The van der Waals surface area contributed by atoms with E-state index in [4.69, 9.17) is 9.05 Å². The summed E-state index contributed by atoms with van der Waals surface area (Å²) in [6.45, 7) is 7.90. The molecule has 0 aliphatic heterocycles. The standard InChI is InChI=1S/C14H20N4O3/c1-8(2)14-15-12(17-21-14)7-18(5)13(19)6-11-9(3)16-20-10(11)4/h8H,6-7H2,1-5H3. The number of carbonyl (C=O) groups is 1. The zero-order chi connectivity index (χ0) is 15.6. The molecule has 0 aliphatic carbocycles. The number of amides is 1. The van der Waals surface area contributed by atoms with E-state index in [0.29, 0.717) is 24.0 Å². The molecular formula is C14H20N4O3. The minimum Gasteiger partial charge on any atom is -0.361 e. The van der Waals surface area contributed by atoms with Gasteiger partial charge in [-0.2, -0.15) is 4.98 Å². The summed E-state index contributed by atoms with van der Waals surface area (Å²) in [6, 6.07) is 0. The Labute approximate surface area is 123 Å². The van der Waals surface area contributed by atoms with Gasteiger partial charge in [0.2, 0.25) is 11.8 Å². The maximum atomic E-state index is 12.2. The molecule has 1 amide bonds. The third kappa shape index (κ3) is 3.48. The van der Waals surface area contributed by atoms with Crippen molar-refractivity contribution in [2.24, 2.45) is 0 Å². The molecular weight excluding hydrogens is 272 g/mol. The Morgan fingerprint density at radius 1 is 1.24 bits per heavy atom. The molecule has 0 bridgehead atoms. The average Bonchev–Trinajstić information content (AvgIpc) is 3.00. The Balaban J connectivity index is 1.99. The summed E-state index contributed by atoms with van der Waals surface area (Å²) in [7, 11) is 1.71. The van der Waals surface area contributed by atoms with Crippen molar-refractivity contribution in [2.75, 3.05) is 7.05 Å². The topological polar surface area (TPSA) is 85.3 Å². The van der Waals surface area contributed by atoms with E-state index < -0.39 is 0 Å². The fourth-order valence-corrected chi connectivity index (χ4v) is 1.91. The van der Waals surface area contributed by atoms with Crippen molar-refractivity contribution in [1.82, 2.24) is 20.2 Å². The highest BCUT2D eigenvalue weighted by molar-refractivity contribution is 5.78. The first-order chi connectivity index (χ1) is 9.88. The molecule has 0 atom stereocenters. The number of nitrogens with zero attached hydrogens (tertiary/aromatic N) is 4. The van der Waals surface area contributed by atoms with Crippen molar-refractivity contribution in [3.8, 4) is 0 Å². The summed E-state index contributed by atoms with van der Waals surface area (Å²) in [6.07, 6.45) is 0.257. The van der Waals surface area contributed by atoms with Crippen molar-refractivity contribution in [3.63, 3.8) is 0 Å². The van der Waals surface area contributed by atoms with E-state index >= 15 is 0 Å². The Kier molecular flexibility index (Phi) is 4.40. The monoisotopic (exact) mass is 292 g/mol. The molecule has 0 radical (unpaired) electrons. The fourth-order valence-electron chi connectivity index (χ4n) is 1.91. The Bertz CT molecular complexity index is 610. The van der Waals surface area contributed by atoms with Crippen LogP contribution in [0, 0.1) is 13.8 Å². The Morgan fingerprint density at radius 3 is 2.48 bits per heavy atom. The van der Waals surface area contributed by atoms with Crippen LogP contribution in [0.3, 0.4) is 0 Å². The highest BCUT2D eigenvalue weighted by Crippen LogP contribution is 2.15. The first kappa shape index (κ1) is 15.2. The average molecular weight is 292 g/mol. The number of hydrogen-bond donors (Lipinski definition) is 0. The molecule has 0 aliphatic rings. The molecule has 0 saturated heterocycles. The SMILES string of the molecule is Cc1noc(C)c1CC(=O)N(C)Cc1noc(C(C)C)n1. The molecule has 0 spiro atoms. The lowest BCUT2D eigenvalue weighted by Gasteiger charge is -2.14. The first-order valence-corrected chi connectivity index (χ1v) is 6.86. The lowest BCUT2D eigenvalue weighted by molar-refractivity contribution is -0.129. The summed E-state index contributed by atoms with van der Waals surface area (Å²) < 4.78 is 10.2. The third-order valence-corrected chi connectivity index (χ3v) is 3.29. The second kappa shape index (κ2) is 6.07. The van der Waals surface area contributed by atoms with Crippen molar-refractivity contribution < 1.29 is 13.8 Å². The van der Waals surface area contributed by atoms with Gasteiger partial charge in [-0.25, -0.2) is 0 Å². The predicted octanol–water partition coefficient (Wildman–Crippen LogP) is 2.00. The zero-order valence-corrected chi connectivity index (χ0v) is 13.0. The number of aromatic nitrogens is 3. The number of aryl methyl sites for hydroxylation is 2. The van der Waals surface area contributed by atoms with Gasteiger partial charge in [-0.05, 0) is 13.8 Å². The summed E-state index contributed by atoms with van der Waals surface area (Å²) in [5, 5.41) is 7.73. The minimum absolute atomic E-state index is 0.0414. The van der Waals surface area contributed by atoms with Crippen LogP contribution in [0.4, 0.5) is 0 Å². The molecule has 7 nitrogen and oxygen atoms in total. The molecule has 0 aromatic carbocycles. The maximum absolute atomic E-state index is 12.2. The summed E-state index contributed by atoms with van der Waals surface area (Å²) in [5.74, 6) is 1.90. The van der Waals surface area contributed by atoms with Gasteiger partial charge >= 0.3 is 0 Å². The second-order valence-corrected chi connectivity index (χ2v) is 5.43. The third-order valence-electron chi connectivity index (χ3n) is 3.29. The quantitative estimate of drug-likeness (QED) is 0.838. The van der Waals surface area contributed by atoms with E-state index in [-0.39, 0.29) is 18.2 Å². The number of carbonyl (C=O) groups excluding carboxylic acids is 1. The van der Waals surface area contributed by atoms with Gasteiger partial charge in [-0.1, -0.05) is 24.2 Å². The van der Waals surface area contributed by atoms with Crippen LogP contribution in [0.25, 0.3) is 0 Å². The van der Waals surface area contributed by atoms with E-state index in [1.807, 2.05) is 20.8 Å². The van der Waals surface area contributed by atoms with Crippen molar-refractivity contribution >= 4 is 5.91 Å². The van der Waals surface area contributed by atoms with Crippen molar-refractivity contribution in [1.29, 1.82) is 0 Å². The van der Waals surface area contributed by atoms with Crippen LogP contribution in [-0.2, 0) is 17.8 Å². The normalized spacial score (nSPS) is 11.1. The van der Waals surface area contributed by atoms with Crippen LogP contribution >= 0.6 is 0 Å². The molecule has 0 N–H and O–H groups in total. The minimum atomic E-state index is -0.0414. The van der Waals surface area contributed by atoms with Gasteiger partial charge in [0.05, 0.1) is 18.7 Å². The van der Waals surface area contributed by atoms with Crippen molar-refractivity contribution in [2.45, 2.75) is 46.6 Å². The Hall–Kier alpha value is -2.18. The highest BCUT2D eigenvalue weighted by atomic mass is 16.5. The van der Waals surface area contributed by atoms with Gasteiger partial charge in [0.15, 0.2) is 5.82 Å². The van der Waals surface area contributed by atoms with E-state index in [2.05, 4.69) is 15.3 Å². The van der Waals surface area contributed by atoms with E-state index in [9.17, 15) is 4.79 Å². The van der Waals surface area contributed by atoms with E-state index in [1.54, 1.807) is 18.9 Å². The summed E-state index contributed by atoms with van der Waals surface area (Å²) in [4.78, 5) is 18.1. The fraction of sp³-hybridized carbons (Fsp3) is 0.571. The number of rotatable bonds is 5. The van der Waals surface area contributed by atoms with Crippen LogP contribution in [-0.4, -0.2) is 33.2 Å². The van der Waals surface area contributed by atoms with Crippen LogP contribution in [0.2, 0.25) is 0 Å². The molecule has 21 heavy (non-hydrogen) atoms. The molecule has 2 heterocycles. The molecule has 2 aromatic heterocycles. The summed E-state index contributed by atoms with van der Waals surface area (Å²) in [5.41, 5.74) is 1.58. The predicted molar refractivity (Wildman–Crippen MR) is 74.5 cm³/mol. The van der Waals surface area contributed by atoms with Gasteiger partial charge in [0.25, 0.3) is 0 Å².